The second kappa shape index (κ2) is 4.18. The molecule has 0 aromatic heterocycles. The highest BCUT2D eigenvalue weighted by Crippen LogP contribution is 2.22. The first-order chi connectivity index (χ1) is 7.27. The maximum absolute atomic E-state index is 11.8. The molecule has 15 heavy (non-hydrogen) atoms. The molecule has 2 saturated heterocycles. The van der Waals surface area contributed by atoms with Gasteiger partial charge in [0.05, 0.1) is 6.61 Å². The standard InChI is InChI=1S/C10H17N3O2/c1-2-5-11-9-12-8(14)10(13-9)4-3-6-15-7-10/h2-7H2,1H3,(H2,11,12,13,14). The number of hydrogen-bond acceptors (Lipinski definition) is 3. The van der Waals surface area contributed by atoms with E-state index in [2.05, 4.69) is 22.5 Å². The number of nitrogens with zero attached hydrogens (tertiary/aromatic N) is 1. The molecule has 2 heterocycles. The van der Waals surface area contributed by atoms with Crippen molar-refractivity contribution >= 4 is 11.9 Å². The zero-order chi connectivity index (χ0) is 10.7. The average molecular weight is 211 g/mol. The molecular formula is C10H17N3O2. The number of guanidine groups is 1. The van der Waals surface area contributed by atoms with E-state index in [0.29, 0.717) is 12.6 Å². The number of ether oxygens (including phenoxy) is 1. The molecule has 0 saturated carbocycles. The van der Waals surface area contributed by atoms with Crippen molar-refractivity contribution in [2.75, 3.05) is 19.8 Å². The quantitative estimate of drug-likeness (QED) is 0.677. The summed E-state index contributed by atoms with van der Waals surface area (Å²) in [5.74, 6) is 0.601. The molecule has 1 atom stereocenters. The molecule has 0 bridgehead atoms. The van der Waals surface area contributed by atoms with Crippen LogP contribution in [0, 0.1) is 0 Å². The number of carbonyl (C=O) groups excluding carboxylic acids is 1. The van der Waals surface area contributed by atoms with Crippen LogP contribution in [0.15, 0.2) is 4.99 Å². The molecule has 2 fully saturated rings. The molecule has 84 valence electrons. The zero-order valence-electron chi connectivity index (χ0n) is 9.01. The molecule has 0 aliphatic carbocycles. The number of amides is 1. The smallest absolute Gasteiger partial charge is 0.254 e. The Hall–Kier alpha value is -1.10. The van der Waals surface area contributed by atoms with E-state index in [1.165, 1.54) is 0 Å². The fourth-order valence-electron chi connectivity index (χ4n) is 1.92. The predicted octanol–water partition coefficient (Wildman–Crippen LogP) is 0.0210. The van der Waals surface area contributed by atoms with Crippen LogP contribution in [-0.4, -0.2) is 37.2 Å². The SMILES string of the molecule is CCCN=C1NC(=O)C2(CCCOC2)N1. The molecule has 1 unspecified atom stereocenters. The minimum absolute atomic E-state index is 0.00273. The first-order valence-electron chi connectivity index (χ1n) is 5.49. The van der Waals surface area contributed by atoms with Gasteiger partial charge in [-0.05, 0) is 19.3 Å². The second-order valence-corrected chi connectivity index (χ2v) is 4.05. The third-order valence-electron chi connectivity index (χ3n) is 2.76. The van der Waals surface area contributed by atoms with Crippen molar-refractivity contribution in [1.82, 2.24) is 10.6 Å². The summed E-state index contributed by atoms with van der Waals surface area (Å²) in [6.07, 6.45) is 2.72. The Morgan fingerprint density at radius 1 is 1.60 bits per heavy atom. The maximum Gasteiger partial charge on any atom is 0.254 e. The predicted molar refractivity (Wildman–Crippen MR) is 56.7 cm³/mol. The average Bonchev–Trinajstić information content (AvgIpc) is 2.54. The van der Waals surface area contributed by atoms with Crippen molar-refractivity contribution in [3.8, 4) is 0 Å². The fraction of sp³-hybridized carbons (Fsp3) is 0.800. The minimum atomic E-state index is -0.551. The van der Waals surface area contributed by atoms with E-state index in [1.54, 1.807) is 0 Å². The monoisotopic (exact) mass is 211 g/mol. The normalized spacial score (nSPS) is 33.1. The van der Waals surface area contributed by atoms with E-state index in [0.717, 1.165) is 32.4 Å². The van der Waals surface area contributed by atoms with Crippen LogP contribution in [0.25, 0.3) is 0 Å². The van der Waals surface area contributed by atoms with Crippen LogP contribution in [0.5, 0.6) is 0 Å². The van der Waals surface area contributed by atoms with Gasteiger partial charge in [0.2, 0.25) is 0 Å². The lowest BCUT2D eigenvalue weighted by Crippen LogP contribution is -2.53. The largest absolute Gasteiger partial charge is 0.378 e. The Morgan fingerprint density at radius 3 is 3.13 bits per heavy atom. The third-order valence-corrected chi connectivity index (χ3v) is 2.76. The van der Waals surface area contributed by atoms with E-state index in [-0.39, 0.29) is 5.91 Å². The van der Waals surface area contributed by atoms with Crippen LogP contribution in [-0.2, 0) is 9.53 Å². The molecule has 2 rings (SSSR count). The van der Waals surface area contributed by atoms with Gasteiger partial charge in [-0.1, -0.05) is 6.92 Å². The van der Waals surface area contributed by atoms with Gasteiger partial charge in [-0.25, -0.2) is 0 Å². The van der Waals surface area contributed by atoms with E-state index in [9.17, 15) is 4.79 Å². The Labute approximate surface area is 89.3 Å². The van der Waals surface area contributed by atoms with Crippen LogP contribution in [0.1, 0.15) is 26.2 Å². The van der Waals surface area contributed by atoms with Crippen LogP contribution in [0.2, 0.25) is 0 Å². The minimum Gasteiger partial charge on any atom is -0.378 e. The lowest BCUT2D eigenvalue weighted by Gasteiger charge is -2.30. The van der Waals surface area contributed by atoms with E-state index < -0.39 is 5.54 Å². The molecule has 0 radical (unpaired) electrons. The Balaban J connectivity index is 2.05. The highest BCUT2D eigenvalue weighted by Gasteiger charge is 2.46. The zero-order valence-corrected chi connectivity index (χ0v) is 9.01. The summed E-state index contributed by atoms with van der Waals surface area (Å²) < 4.78 is 5.35. The molecule has 1 spiro atoms. The first-order valence-corrected chi connectivity index (χ1v) is 5.49. The lowest BCUT2D eigenvalue weighted by molar-refractivity contribution is -0.128. The van der Waals surface area contributed by atoms with Gasteiger partial charge in [0.15, 0.2) is 5.96 Å². The van der Waals surface area contributed by atoms with E-state index in [4.69, 9.17) is 4.74 Å². The van der Waals surface area contributed by atoms with Gasteiger partial charge in [0.1, 0.15) is 5.54 Å². The molecule has 5 heteroatoms. The van der Waals surface area contributed by atoms with Crippen molar-refractivity contribution in [1.29, 1.82) is 0 Å². The summed E-state index contributed by atoms with van der Waals surface area (Å²) in [4.78, 5) is 16.0. The number of rotatable bonds is 2. The molecule has 0 aromatic carbocycles. The molecule has 0 aromatic rings. The number of hydrogen-bond donors (Lipinski definition) is 2. The Morgan fingerprint density at radius 2 is 2.47 bits per heavy atom. The van der Waals surface area contributed by atoms with Gasteiger partial charge >= 0.3 is 0 Å². The first kappa shape index (κ1) is 10.4. The summed E-state index contributed by atoms with van der Waals surface area (Å²) in [5, 5.41) is 5.92. The molecule has 5 nitrogen and oxygen atoms in total. The van der Waals surface area contributed by atoms with E-state index >= 15 is 0 Å². The third kappa shape index (κ3) is 1.97. The van der Waals surface area contributed by atoms with Crippen molar-refractivity contribution in [3.63, 3.8) is 0 Å². The van der Waals surface area contributed by atoms with Crippen LogP contribution >= 0.6 is 0 Å². The maximum atomic E-state index is 11.8. The summed E-state index contributed by atoms with van der Waals surface area (Å²) >= 11 is 0. The van der Waals surface area contributed by atoms with Crippen molar-refractivity contribution in [2.45, 2.75) is 31.7 Å². The second-order valence-electron chi connectivity index (χ2n) is 4.05. The Kier molecular flexibility index (Phi) is 2.90. The van der Waals surface area contributed by atoms with Gasteiger partial charge < -0.3 is 10.1 Å². The number of aliphatic imine (C=N–C) groups is 1. The van der Waals surface area contributed by atoms with Crippen molar-refractivity contribution in [3.05, 3.63) is 0 Å². The van der Waals surface area contributed by atoms with Crippen LogP contribution < -0.4 is 10.6 Å². The van der Waals surface area contributed by atoms with Gasteiger partial charge in [-0.2, -0.15) is 0 Å². The molecular weight excluding hydrogens is 194 g/mol. The van der Waals surface area contributed by atoms with Crippen LogP contribution in [0.4, 0.5) is 0 Å². The Bertz CT molecular complexity index is 282. The van der Waals surface area contributed by atoms with Crippen LogP contribution in [0.3, 0.4) is 0 Å². The fourth-order valence-corrected chi connectivity index (χ4v) is 1.92. The lowest BCUT2D eigenvalue weighted by atomic mass is 9.93. The summed E-state index contributed by atoms with van der Waals surface area (Å²) in [6.45, 7) is 3.99. The molecule has 2 N–H and O–H groups in total. The van der Waals surface area contributed by atoms with Gasteiger partial charge in [-0.15, -0.1) is 0 Å². The topological polar surface area (TPSA) is 62.7 Å². The molecule has 1 amide bonds. The highest BCUT2D eigenvalue weighted by atomic mass is 16.5. The molecule has 2 aliphatic rings. The molecule has 2 aliphatic heterocycles. The number of nitrogens with one attached hydrogen (secondary N) is 2. The van der Waals surface area contributed by atoms with Gasteiger partial charge in [-0.3, -0.25) is 15.1 Å². The highest BCUT2D eigenvalue weighted by molar-refractivity contribution is 6.09. The summed E-state index contributed by atoms with van der Waals surface area (Å²) in [6, 6.07) is 0. The van der Waals surface area contributed by atoms with Crippen molar-refractivity contribution in [2.24, 2.45) is 4.99 Å². The summed E-state index contributed by atoms with van der Waals surface area (Å²) in [5.41, 5.74) is -0.551. The summed E-state index contributed by atoms with van der Waals surface area (Å²) in [7, 11) is 0. The van der Waals surface area contributed by atoms with Gasteiger partial charge in [0.25, 0.3) is 5.91 Å². The number of carbonyl (C=O) groups is 1. The van der Waals surface area contributed by atoms with Crippen molar-refractivity contribution < 1.29 is 9.53 Å². The van der Waals surface area contributed by atoms with E-state index in [1.807, 2.05) is 0 Å². The van der Waals surface area contributed by atoms with Gasteiger partial charge in [0, 0.05) is 13.2 Å².